The van der Waals surface area contributed by atoms with Crippen molar-refractivity contribution < 1.29 is 9.90 Å². The van der Waals surface area contributed by atoms with E-state index in [9.17, 15) is 4.79 Å². The maximum Gasteiger partial charge on any atom is 0.320 e. The van der Waals surface area contributed by atoms with E-state index in [0.29, 0.717) is 0 Å². The molecule has 1 saturated heterocycles. The summed E-state index contributed by atoms with van der Waals surface area (Å²) in [5, 5.41) is 11.2. The van der Waals surface area contributed by atoms with Crippen molar-refractivity contribution in [2.45, 2.75) is 18.9 Å². The van der Waals surface area contributed by atoms with Gasteiger partial charge in [-0.05, 0) is 19.4 Å². The van der Waals surface area contributed by atoms with Gasteiger partial charge in [0, 0.05) is 12.4 Å². The Balaban J connectivity index is 0.000000145. The summed E-state index contributed by atoms with van der Waals surface area (Å²) in [6.45, 7) is 0.858. The van der Waals surface area contributed by atoms with Gasteiger partial charge in [-0.25, -0.2) is 4.98 Å². The van der Waals surface area contributed by atoms with Crippen molar-refractivity contribution in [2.75, 3.05) is 6.54 Å². The average molecular weight is 183 g/mol. The van der Waals surface area contributed by atoms with E-state index >= 15 is 0 Å². The van der Waals surface area contributed by atoms with Crippen molar-refractivity contribution in [1.82, 2.24) is 15.3 Å². The van der Waals surface area contributed by atoms with E-state index in [4.69, 9.17) is 5.11 Å². The number of carboxylic acids is 1. The summed E-state index contributed by atoms with van der Waals surface area (Å²) in [6, 6.07) is -0.269. The lowest BCUT2D eigenvalue weighted by molar-refractivity contribution is -0.139. The molecule has 13 heavy (non-hydrogen) atoms. The smallest absolute Gasteiger partial charge is 0.320 e. The number of rotatable bonds is 1. The van der Waals surface area contributed by atoms with Gasteiger partial charge in [0.25, 0.3) is 0 Å². The molecule has 0 aromatic carbocycles. The van der Waals surface area contributed by atoms with Crippen LogP contribution in [0.2, 0.25) is 0 Å². The second-order valence-electron chi connectivity index (χ2n) is 2.75. The van der Waals surface area contributed by atoms with E-state index in [-0.39, 0.29) is 6.04 Å². The van der Waals surface area contributed by atoms with Gasteiger partial charge in [-0.2, -0.15) is 0 Å². The summed E-state index contributed by atoms with van der Waals surface area (Å²) in [7, 11) is 0. The first-order chi connectivity index (χ1) is 6.30. The Morgan fingerprint density at radius 1 is 1.62 bits per heavy atom. The molecular formula is C8H13N3O2. The lowest BCUT2D eigenvalue weighted by Crippen LogP contribution is -2.29. The standard InChI is InChI=1S/C5H9NO2.C3H4N2/c7-5(8)4-2-1-3-6-4;1-2-5-3-4-1/h4,6H,1-3H2,(H,7,8);1-3H,(H,4,5). The average Bonchev–Trinajstić information content (AvgIpc) is 2.82. The molecule has 0 amide bonds. The second kappa shape index (κ2) is 5.31. The Morgan fingerprint density at radius 2 is 2.46 bits per heavy atom. The molecule has 5 heteroatoms. The van der Waals surface area contributed by atoms with Gasteiger partial charge in [-0.1, -0.05) is 0 Å². The molecule has 3 N–H and O–H groups in total. The molecule has 1 aromatic heterocycles. The number of aromatic amines is 1. The summed E-state index contributed by atoms with van der Waals surface area (Å²) < 4.78 is 0. The first kappa shape index (κ1) is 9.73. The minimum Gasteiger partial charge on any atom is -0.480 e. The highest BCUT2D eigenvalue weighted by molar-refractivity contribution is 5.73. The van der Waals surface area contributed by atoms with Gasteiger partial charge in [0.15, 0.2) is 0 Å². The monoisotopic (exact) mass is 183 g/mol. The molecule has 0 spiro atoms. The molecule has 1 aliphatic rings. The van der Waals surface area contributed by atoms with Crippen LogP contribution in [0.15, 0.2) is 18.7 Å². The third kappa shape index (κ3) is 3.71. The quantitative estimate of drug-likeness (QED) is 0.582. The zero-order valence-corrected chi connectivity index (χ0v) is 7.23. The first-order valence-electron chi connectivity index (χ1n) is 4.19. The molecule has 0 saturated carbocycles. The number of nitrogens with one attached hydrogen (secondary N) is 2. The molecular weight excluding hydrogens is 170 g/mol. The van der Waals surface area contributed by atoms with Crippen LogP contribution in [0, 0.1) is 0 Å². The molecule has 0 radical (unpaired) electrons. The molecule has 0 bridgehead atoms. The van der Waals surface area contributed by atoms with Gasteiger partial charge in [0.05, 0.1) is 6.33 Å². The zero-order valence-electron chi connectivity index (χ0n) is 7.23. The molecule has 1 aliphatic heterocycles. The van der Waals surface area contributed by atoms with Crippen molar-refractivity contribution in [1.29, 1.82) is 0 Å². The van der Waals surface area contributed by atoms with E-state index in [1.54, 1.807) is 18.7 Å². The summed E-state index contributed by atoms with van der Waals surface area (Å²) >= 11 is 0. The number of carboxylic acid groups (broad SMARTS) is 1. The predicted molar refractivity (Wildman–Crippen MR) is 47.2 cm³/mol. The van der Waals surface area contributed by atoms with Crippen LogP contribution < -0.4 is 5.32 Å². The van der Waals surface area contributed by atoms with Gasteiger partial charge in [0.2, 0.25) is 0 Å². The highest BCUT2D eigenvalue weighted by Crippen LogP contribution is 2.03. The van der Waals surface area contributed by atoms with E-state index in [0.717, 1.165) is 19.4 Å². The van der Waals surface area contributed by atoms with Crippen LogP contribution in [0.3, 0.4) is 0 Å². The number of carbonyl (C=O) groups is 1. The first-order valence-corrected chi connectivity index (χ1v) is 4.19. The van der Waals surface area contributed by atoms with Gasteiger partial charge >= 0.3 is 5.97 Å². The minimum absolute atomic E-state index is 0.269. The van der Waals surface area contributed by atoms with Gasteiger partial charge in [-0.15, -0.1) is 0 Å². The third-order valence-corrected chi connectivity index (χ3v) is 1.76. The molecule has 1 atom stereocenters. The fourth-order valence-electron chi connectivity index (χ4n) is 1.11. The van der Waals surface area contributed by atoms with Gasteiger partial charge < -0.3 is 15.4 Å². The molecule has 72 valence electrons. The molecule has 2 rings (SSSR count). The summed E-state index contributed by atoms with van der Waals surface area (Å²) in [5.41, 5.74) is 0. The number of H-pyrrole nitrogens is 1. The number of hydrogen-bond donors (Lipinski definition) is 3. The number of nitrogens with zero attached hydrogens (tertiary/aromatic N) is 1. The number of hydrogen-bond acceptors (Lipinski definition) is 3. The van der Waals surface area contributed by atoms with Gasteiger partial charge in [-0.3, -0.25) is 4.79 Å². The molecule has 2 heterocycles. The molecule has 5 nitrogen and oxygen atoms in total. The molecule has 0 aliphatic carbocycles. The minimum atomic E-state index is -0.720. The zero-order chi connectivity index (χ0) is 9.52. The normalized spacial score (nSPS) is 20.5. The predicted octanol–water partition coefficient (Wildman–Crippen LogP) is 0.233. The second-order valence-corrected chi connectivity index (χ2v) is 2.75. The van der Waals surface area contributed by atoms with Crippen molar-refractivity contribution in [3.8, 4) is 0 Å². The largest absolute Gasteiger partial charge is 0.480 e. The number of aromatic nitrogens is 2. The Hall–Kier alpha value is -1.36. The van der Waals surface area contributed by atoms with Crippen LogP contribution in [-0.2, 0) is 4.79 Å². The van der Waals surface area contributed by atoms with E-state index in [2.05, 4.69) is 15.3 Å². The van der Waals surface area contributed by atoms with Crippen molar-refractivity contribution in [3.05, 3.63) is 18.7 Å². The van der Waals surface area contributed by atoms with Gasteiger partial charge in [0.1, 0.15) is 6.04 Å². The van der Waals surface area contributed by atoms with Crippen LogP contribution in [0.1, 0.15) is 12.8 Å². The van der Waals surface area contributed by atoms with Crippen LogP contribution in [0.5, 0.6) is 0 Å². The number of aliphatic carboxylic acids is 1. The SMILES string of the molecule is O=C(O)C1CCCN1.c1c[nH]cn1. The Bertz CT molecular complexity index is 212. The lowest BCUT2D eigenvalue weighted by Gasteiger charge is -1.99. The molecule has 1 unspecified atom stereocenters. The Kier molecular flexibility index (Phi) is 3.98. The number of imidazole rings is 1. The summed E-state index contributed by atoms with van der Waals surface area (Å²) in [6.07, 6.45) is 6.87. The Morgan fingerprint density at radius 3 is 2.69 bits per heavy atom. The van der Waals surface area contributed by atoms with Crippen LogP contribution in [0.25, 0.3) is 0 Å². The van der Waals surface area contributed by atoms with Crippen LogP contribution in [-0.4, -0.2) is 33.6 Å². The fraction of sp³-hybridized carbons (Fsp3) is 0.500. The van der Waals surface area contributed by atoms with Crippen LogP contribution >= 0.6 is 0 Å². The highest BCUT2D eigenvalue weighted by Gasteiger charge is 2.20. The van der Waals surface area contributed by atoms with Crippen molar-refractivity contribution in [3.63, 3.8) is 0 Å². The summed E-state index contributed by atoms with van der Waals surface area (Å²) in [5.74, 6) is -0.720. The van der Waals surface area contributed by atoms with Crippen LogP contribution in [0.4, 0.5) is 0 Å². The maximum atomic E-state index is 10.1. The highest BCUT2D eigenvalue weighted by atomic mass is 16.4. The van der Waals surface area contributed by atoms with E-state index < -0.39 is 5.97 Å². The summed E-state index contributed by atoms with van der Waals surface area (Å²) in [4.78, 5) is 16.6. The maximum absolute atomic E-state index is 10.1. The fourth-order valence-corrected chi connectivity index (χ4v) is 1.11. The Labute approximate surface area is 76.2 Å². The third-order valence-electron chi connectivity index (χ3n) is 1.76. The molecule has 1 aromatic rings. The van der Waals surface area contributed by atoms with Crippen molar-refractivity contribution in [2.24, 2.45) is 0 Å². The van der Waals surface area contributed by atoms with E-state index in [1.807, 2.05) is 0 Å². The van der Waals surface area contributed by atoms with E-state index in [1.165, 1.54) is 0 Å². The molecule has 1 fully saturated rings. The lowest BCUT2D eigenvalue weighted by atomic mass is 10.2. The topological polar surface area (TPSA) is 78.0 Å². The van der Waals surface area contributed by atoms with Crippen molar-refractivity contribution >= 4 is 5.97 Å².